The van der Waals surface area contributed by atoms with E-state index in [1.165, 1.54) is 5.56 Å². The summed E-state index contributed by atoms with van der Waals surface area (Å²) in [5.41, 5.74) is 2.12. The second-order valence-electron chi connectivity index (χ2n) is 6.02. The lowest BCUT2D eigenvalue weighted by atomic mass is 10.0. The van der Waals surface area contributed by atoms with Gasteiger partial charge in [-0.05, 0) is 18.4 Å². The Morgan fingerprint density at radius 2 is 1.84 bits per heavy atom. The van der Waals surface area contributed by atoms with Gasteiger partial charge in [-0.3, -0.25) is 9.59 Å². The molecule has 134 valence electrons. The van der Waals surface area contributed by atoms with E-state index in [0.717, 1.165) is 5.56 Å². The first-order valence-electron chi connectivity index (χ1n) is 8.46. The Kier molecular flexibility index (Phi) is 6.68. The van der Waals surface area contributed by atoms with Gasteiger partial charge in [0, 0.05) is 24.9 Å². The van der Waals surface area contributed by atoms with Crippen molar-refractivity contribution in [2.24, 2.45) is 0 Å². The standard InChI is InChI=1S/C18H24N4O3/c1-4-19-16(24)11-20-15(23)9-10-17-21-18(22-25-17)14-7-5-13(6-8-14)12(2)3/h5-8,12H,4,9-11H2,1-3H3,(H,19,24)(H,20,23). The van der Waals surface area contributed by atoms with E-state index in [1.54, 1.807) is 0 Å². The summed E-state index contributed by atoms with van der Waals surface area (Å²) in [5, 5.41) is 9.12. The lowest BCUT2D eigenvalue weighted by Crippen LogP contribution is -2.36. The van der Waals surface area contributed by atoms with Crippen LogP contribution in [0.25, 0.3) is 11.4 Å². The molecule has 0 fully saturated rings. The number of hydrogen-bond acceptors (Lipinski definition) is 5. The smallest absolute Gasteiger partial charge is 0.239 e. The first-order valence-corrected chi connectivity index (χ1v) is 8.46. The maximum absolute atomic E-state index is 11.7. The van der Waals surface area contributed by atoms with Crippen LogP contribution in [0, 0.1) is 0 Å². The average molecular weight is 344 g/mol. The molecule has 0 aliphatic heterocycles. The molecule has 2 rings (SSSR count). The Bertz CT molecular complexity index is 707. The predicted octanol–water partition coefficient (Wildman–Crippen LogP) is 2.04. The van der Waals surface area contributed by atoms with Gasteiger partial charge in [-0.25, -0.2) is 0 Å². The summed E-state index contributed by atoms with van der Waals surface area (Å²) >= 11 is 0. The highest BCUT2D eigenvalue weighted by atomic mass is 16.5. The lowest BCUT2D eigenvalue weighted by molar-refractivity contribution is -0.126. The second kappa shape index (κ2) is 8.96. The molecule has 0 bridgehead atoms. The Morgan fingerprint density at radius 3 is 2.48 bits per heavy atom. The van der Waals surface area contributed by atoms with Gasteiger partial charge in [-0.15, -0.1) is 0 Å². The number of hydrogen-bond donors (Lipinski definition) is 2. The zero-order valence-electron chi connectivity index (χ0n) is 14.8. The van der Waals surface area contributed by atoms with Crippen molar-refractivity contribution < 1.29 is 14.1 Å². The molecule has 0 radical (unpaired) electrons. The van der Waals surface area contributed by atoms with Gasteiger partial charge in [0.1, 0.15) is 0 Å². The van der Waals surface area contributed by atoms with Gasteiger partial charge in [0.15, 0.2) is 0 Å². The molecule has 7 heteroatoms. The molecular weight excluding hydrogens is 320 g/mol. The van der Waals surface area contributed by atoms with Gasteiger partial charge in [0.2, 0.25) is 23.5 Å². The van der Waals surface area contributed by atoms with E-state index in [9.17, 15) is 9.59 Å². The highest BCUT2D eigenvalue weighted by Gasteiger charge is 2.11. The number of carbonyl (C=O) groups is 2. The molecule has 1 aromatic carbocycles. The fourth-order valence-corrected chi connectivity index (χ4v) is 2.24. The summed E-state index contributed by atoms with van der Waals surface area (Å²) in [6.45, 7) is 6.61. The number of aryl methyl sites for hydroxylation is 1. The van der Waals surface area contributed by atoms with Crippen molar-refractivity contribution in [3.05, 3.63) is 35.7 Å². The molecule has 2 N–H and O–H groups in total. The normalized spacial score (nSPS) is 10.7. The molecule has 0 aliphatic carbocycles. The number of rotatable bonds is 8. The van der Waals surface area contributed by atoms with Crippen LogP contribution < -0.4 is 10.6 Å². The third-order valence-corrected chi connectivity index (χ3v) is 3.69. The quantitative estimate of drug-likeness (QED) is 0.764. The fraction of sp³-hybridized carbons (Fsp3) is 0.444. The van der Waals surface area contributed by atoms with Crippen LogP contribution in [0.5, 0.6) is 0 Å². The summed E-state index contributed by atoms with van der Waals surface area (Å²) in [4.78, 5) is 27.3. The number of benzene rings is 1. The first-order chi connectivity index (χ1) is 12.0. The average Bonchev–Trinajstić information content (AvgIpc) is 3.07. The molecule has 2 amide bonds. The van der Waals surface area contributed by atoms with Crippen LogP contribution in [0.1, 0.15) is 44.6 Å². The zero-order chi connectivity index (χ0) is 18.2. The van der Waals surface area contributed by atoms with Crippen molar-refractivity contribution in [1.29, 1.82) is 0 Å². The Morgan fingerprint density at radius 1 is 1.12 bits per heavy atom. The minimum atomic E-state index is -0.229. The van der Waals surface area contributed by atoms with E-state index >= 15 is 0 Å². The summed E-state index contributed by atoms with van der Waals surface area (Å²) in [5.74, 6) is 0.935. The van der Waals surface area contributed by atoms with Crippen LogP contribution in [0.3, 0.4) is 0 Å². The molecular formula is C18H24N4O3. The summed E-state index contributed by atoms with van der Waals surface area (Å²) in [7, 11) is 0. The van der Waals surface area contributed by atoms with Crippen molar-refractivity contribution >= 4 is 11.8 Å². The molecule has 1 heterocycles. The van der Waals surface area contributed by atoms with Gasteiger partial charge >= 0.3 is 0 Å². The molecule has 0 spiro atoms. The zero-order valence-corrected chi connectivity index (χ0v) is 14.8. The highest BCUT2D eigenvalue weighted by molar-refractivity contribution is 5.84. The van der Waals surface area contributed by atoms with Gasteiger partial charge in [0.25, 0.3) is 0 Å². The number of amides is 2. The van der Waals surface area contributed by atoms with Crippen molar-refractivity contribution in [3.8, 4) is 11.4 Å². The Hall–Kier alpha value is -2.70. The summed E-state index contributed by atoms with van der Waals surface area (Å²) in [6, 6.07) is 8.02. The molecule has 0 aliphatic rings. The Labute approximate surface area is 147 Å². The van der Waals surface area contributed by atoms with Crippen LogP contribution in [0.4, 0.5) is 0 Å². The number of nitrogens with zero attached hydrogens (tertiary/aromatic N) is 2. The summed E-state index contributed by atoms with van der Waals surface area (Å²) < 4.78 is 5.19. The maximum Gasteiger partial charge on any atom is 0.239 e. The summed E-state index contributed by atoms with van der Waals surface area (Å²) in [6.07, 6.45) is 0.519. The molecule has 0 saturated carbocycles. The van der Waals surface area contributed by atoms with Crippen molar-refractivity contribution in [2.75, 3.05) is 13.1 Å². The van der Waals surface area contributed by atoms with Gasteiger partial charge in [-0.2, -0.15) is 4.98 Å². The molecule has 2 aromatic rings. The van der Waals surface area contributed by atoms with Crippen molar-refractivity contribution in [1.82, 2.24) is 20.8 Å². The van der Waals surface area contributed by atoms with Crippen LogP contribution in [0.15, 0.2) is 28.8 Å². The van der Waals surface area contributed by atoms with Gasteiger partial charge in [0.05, 0.1) is 6.54 Å². The second-order valence-corrected chi connectivity index (χ2v) is 6.02. The van der Waals surface area contributed by atoms with Crippen molar-refractivity contribution in [2.45, 2.75) is 39.5 Å². The number of nitrogens with one attached hydrogen (secondary N) is 2. The number of likely N-dealkylation sites (N-methyl/N-ethyl adjacent to an activating group) is 1. The number of carbonyl (C=O) groups excluding carboxylic acids is 2. The minimum absolute atomic E-state index is 0.0239. The lowest BCUT2D eigenvalue weighted by Gasteiger charge is -2.04. The van der Waals surface area contributed by atoms with Crippen LogP contribution in [-0.2, 0) is 16.0 Å². The Balaban J connectivity index is 1.85. The maximum atomic E-state index is 11.7. The molecule has 0 unspecified atom stereocenters. The first kappa shape index (κ1) is 18.6. The van der Waals surface area contributed by atoms with E-state index < -0.39 is 0 Å². The molecule has 0 saturated heterocycles. The van der Waals surface area contributed by atoms with Crippen LogP contribution >= 0.6 is 0 Å². The molecule has 7 nitrogen and oxygen atoms in total. The molecule has 25 heavy (non-hydrogen) atoms. The van der Waals surface area contributed by atoms with E-state index in [-0.39, 0.29) is 24.8 Å². The molecule has 1 aromatic heterocycles. The van der Waals surface area contributed by atoms with Gasteiger partial charge in [-0.1, -0.05) is 43.3 Å². The third-order valence-electron chi connectivity index (χ3n) is 3.69. The van der Waals surface area contributed by atoms with E-state index in [1.807, 2.05) is 31.2 Å². The van der Waals surface area contributed by atoms with Crippen LogP contribution in [-0.4, -0.2) is 35.0 Å². The monoisotopic (exact) mass is 344 g/mol. The van der Waals surface area contributed by atoms with Gasteiger partial charge < -0.3 is 15.2 Å². The van der Waals surface area contributed by atoms with E-state index in [4.69, 9.17) is 4.52 Å². The van der Waals surface area contributed by atoms with E-state index in [0.29, 0.717) is 30.6 Å². The topological polar surface area (TPSA) is 97.1 Å². The van der Waals surface area contributed by atoms with E-state index in [2.05, 4.69) is 34.6 Å². The predicted molar refractivity (Wildman–Crippen MR) is 93.8 cm³/mol. The SMILES string of the molecule is CCNC(=O)CNC(=O)CCc1nc(-c2ccc(C(C)C)cc2)no1. The van der Waals surface area contributed by atoms with Crippen molar-refractivity contribution in [3.63, 3.8) is 0 Å². The van der Waals surface area contributed by atoms with Crippen LogP contribution in [0.2, 0.25) is 0 Å². The third kappa shape index (κ3) is 5.70. The molecule has 0 atom stereocenters. The minimum Gasteiger partial charge on any atom is -0.355 e. The number of aromatic nitrogens is 2. The largest absolute Gasteiger partial charge is 0.355 e. The highest BCUT2D eigenvalue weighted by Crippen LogP contribution is 2.20. The fourth-order valence-electron chi connectivity index (χ4n) is 2.24.